The first-order valence-corrected chi connectivity index (χ1v) is 7.25. The molecule has 1 amide bonds. The van der Waals surface area contributed by atoms with Gasteiger partial charge < -0.3 is 15.7 Å². The van der Waals surface area contributed by atoms with Crippen molar-refractivity contribution in [3.63, 3.8) is 0 Å². The number of hydrogen-bond donors (Lipinski definition) is 3. The fourth-order valence-corrected chi connectivity index (χ4v) is 2.89. The molecule has 1 heterocycles. The van der Waals surface area contributed by atoms with Gasteiger partial charge in [0.1, 0.15) is 0 Å². The average molecular weight is 311 g/mol. The number of carboxylic acids is 1. The third kappa shape index (κ3) is 3.74. The first-order valence-electron chi connectivity index (χ1n) is 6.88. The Morgan fingerprint density at radius 3 is 2.71 bits per heavy atom. The molecule has 1 aliphatic heterocycles. The molecule has 1 atom stereocenters. The summed E-state index contributed by atoms with van der Waals surface area (Å²) >= 11 is 5.89. The second kappa shape index (κ2) is 6.03. The summed E-state index contributed by atoms with van der Waals surface area (Å²) in [6.45, 7) is 4.89. The Bertz CT molecular complexity index is 572. The van der Waals surface area contributed by atoms with Crippen LogP contribution < -0.4 is 10.6 Å². The summed E-state index contributed by atoms with van der Waals surface area (Å²) in [7, 11) is 0. The normalized spacial score (nSPS) is 20.8. The number of amides is 1. The van der Waals surface area contributed by atoms with Crippen LogP contribution in [0.5, 0.6) is 0 Å². The molecule has 21 heavy (non-hydrogen) atoms. The summed E-state index contributed by atoms with van der Waals surface area (Å²) in [5.41, 5.74) is 0.304. The van der Waals surface area contributed by atoms with Crippen LogP contribution in [0.15, 0.2) is 18.2 Å². The minimum absolute atomic E-state index is 0.0497. The Morgan fingerprint density at radius 2 is 2.10 bits per heavy atom. The molecular weight excluding hydrogens is 292 g/mol. The lowest BCUT2D eigenvalue weighted by atomic mass is 9.77. The highest BCUT2D eigenvalue weighted by molar-refractivity contribution is 6.31. The van der Waals surface area contributed by atoms with Gasteiger partial charge in [-0.3, -0.25) is 4.79 Å². The molecule has 5 nitrogen and oxygen atoms in total. The minimum Gasteiger partial charge on any atom is -0.478 e. The van der Waals surface area contributed by atoms with Crippen LogP contribution in [0.3, 0.4) is 0 Å². The number of piperidine rings is 1. The van der Waals surface area contributed by atoms with Gasteiger partial charge in [-0.2, -0.15) is 0 Å². The molecule has 1 unspecified atom stereocenters. The van der Waals surface area contributed by atoms with E-state index in [-0.39, 0.29) is 28.0 Å². The zero-order chi connectivity index (χ0) is 15.6. The number of carbonyl (C=O) groups excluding carboxylic acids is 1. The smallest absolute Gasteiger partial charge is 0.335 e. The van der Waals surface area contributed by atoms with Gasteiger partial charge in [-0.25, -0.2) is 4.79 Å². The van der Waals surface area contributed by atoms with Crippen LogP contribution in [0, 0.1) is 5.41 Å². The van der Waals surface area contributed by atoms with Crippen molar-refractivity contribution in [2.24, 2.45) is 5.41 Å². The topological polar surface area (TPSA) is 78.4 Å². The predicted octanol–water partition coefficient (Wildman–Crippen LogP) is 2.75. The standard InChI is InChI=1S/C15H19ClN2O3/c1-15(2)4-3-5-17-12(15)13(19)18-11-7-9(14(20)21)6-10(16)8-11/h6-8,12,17H,3-5H2,1-2H3,(H,18,19)(H,20,21). The van der Waals surface area contributed by atoms with Crippen LogP contribution in [0.2, 0.25) is 5.02 Å². The van der Waals surface area contributed by atoms with Crippen molar-refractivity contribution < 1.29 is 14.7 Å². The van der Waals surface area contributed by atoms with Gasteiger partial charge in [-0.15, -0.1) is 0 Å². The van der Waals surface area contributed by atoms with Gasteiger partial charge in [-0.1, -0.05) is 25.4 Å². The van der Waals surface area contributed by atoms with Crippen LogP contribution in [0.25, 0.3) is 0 Å². The number of aromatic carboxylic acids is 1. The highest BCUT2D eigenvalue weighted by Crippen LogP contribution is 2.31. The molecule has 0 aromatic heterocycles. The Morgan fingerprint density at radius 1 is 1.38 bits per heavy atom. The lowest BCUT2D eigenvalue weighted by Gasteiger charge is -2.38. The minimum atomic E-state index is -1.08. The third-order valence-electron chi connectivity index (χ3n) is 3.80. The van der Waals surface area contributed by atoms with Crippen molar-refractivity contribution >= 4 is 29.2 Å². The van der Waals surface area contributed by atoms with E-state index in [1.54, 1.807) is 6.07 Å². The summed E-state index contributed by atoms with van der Waals surface area (Å²) in [4.78, 5) is 23.4. The third-order valence-corrected chi connectivity index (χ3v) is 4.02. The Labute approximate surface area is 128 Å². The molecule has 1 aromatic rings. The number of nitrogens with one attached hydrogen (secondary N) is 2. The SMILES string of the molecule is CC1(C)CCCNC1C(=O)Nc1cc(Cl)cc(C(=O)O)c1. The summed E-state index contributed by atoms with van der Waals surface area (Å²) in [5, 5.41) is 15.3. The van der Waals surface area contributed by atoms with Crippen molar-refractivity contribution in [2.75, 3.05) is 11.9 Å². The number of benzene rings is 1. The molecule has 1 aromatic carbocycles. The molecule has 0 aliphatic carbocycles. The van der Waals surface area contributed by atoms with Gasteiger partial charge in [0.25, 0.3) is 0 Å². The van der Waals surface area contributed by atoms with E-state index in [1.807, 2.05) is 13.8 Å². The number of anilines is 1. The van der Waals surface area contributed by atoms with Crippen molar-refractivity contribution in [3.8, 4) is 0 Å². The Balaban J connectivity index is 2.17. The summed E-state index contributed by atoms with van der Waals surface area (Å²) < 4.78 is 0. The molecule has 0 bridgehead atoms. The zero-order valence-electron chi connectivity index (χ0n) is 12.1. The van der Waals surface area contributed by atoms with Crippen LogP contribution in [0.4, 0.5) is 5.69 Å². The Kier molecular flexibility index (Phi) is 4.54. The number of hydrogen-bond acceptors (Lipinski definition) is 3. The average Bonchev–Trinajstić information content (AvgIpc) is 2.37. The van der Waals surface area contributed by atoms with Gasteiger partial charge in [0.05, 0.1) is 11.6 Å². The second-order valence-corrected chi connectivity index (χ2v) is 6.44. The van der Waals surface area contributed by atoms with E-state index < -0.39 is 5.97 Å². The first kappa shape index (κ1) is 15.8. The number of halogens is 1. The maximum absolute atomic E-state index is 12.4. The van der Waals surface area contributed by atoms with Crippen LogP contribution >= 0.6 is 11.6 Å². The monoisotopic (exact) mass is 310 g/mol. The van der Waals surface area contributed by atoms with Gasteiger partial charge in [-0.05, 0) is 43.0 Å². The van der Waals surface area contributed by atoms with E-state index in [0.717, 1.165) is 19.4 Å². The van der Waals surface area contributed by atoms with Crippen molar-refractivity contribution in [1.82, 2.24) is 5.32 Å². The van der Waals surface area contributed by atoms with Crippen LogP contribution in [-0.2, 0) is 4.79 Å². The quantitative estimate of drug-likeness (QED) is 0.802. The molecule has 2 rings (SSSR count). The number of carboxylic acid groups (broad SMARTS) is 1. The maximum Gasteiger partial charge on any atom is 0.335 e. The summed E-state index contributed by atoms with van der Waals surface area (Å²) in [5.74, 6) is -1.25. The van der Waals surface area contributed by atoms with E-state index in [0.29, 0.717) is 5.69 Å². The van der Waals surface area contributed by atoms with Gasteiger partial charge in [0, 0.05) is 10.7 Å². The highest BCUT2D eigenvalue weighted by atomic mass is 35.5. The number of rotatable bonds is 3. The van der Waals surface area contributed by atoms with Gasteiger partial charge >= 0.3 is 5.97 Å². The summed E-state index contributed by atoms with van der Waals surface area (Å²) in [6.07, 6.45) is 2.01. The first-order chi connectivity index (χ1) is 9.79. The van der Waals surface area contributed by atoms with E-state index in [2.05, 4.69) is 10.6 Å². The van der Waals surface area contributed by atoms with Crippen molar-refractivity contribution in [3.05, 3.63) is 28.8 Å². The molecule has 114 valence electrons. The molecular formula is C15H19ClN2O3. The molecule has 1 fully saturated rings. The molecule has 0 spiro atoms. The fraction of sp³-hybridized carbons (Fsp3) is 0.467. The van der Waals surface area contributed by atoms with Crippen LogP contribution in [0.1, 0.15) is 37.0 Å². The molecule has 3 N–H and O–H groups in total. The second-order valence-electron chi connectivity index (χ2n) is 6.00. The van der Waals surface area contributed by atoms with Gasteiger partial charge in [0.15, 0.2) is 0 Å². The molecule has 1 saturated heterocycles. The highest BCUT2D eigenvalue weighted by Gasteiger charge is 2.37. The number of carbonyl (C=O) groups is 2. The molecule has 6 heteroatoms. The largest absolute Gasteiger partial charge is 0.478 e. The van der Waals surface area contributed by atoms with Crippen LogP contribution in [-0.4, -0.2) is 29.6 Å². The zero-order valence-corrected chi connectivity index (χ0v) is 12.8. The van der Waals surface area contributed by atoms with Gasteiger partial charge in [0.2, 0.25) is 5.91 Å². The van der Waals surface area contributed by atoms with Crippen molar-refractivity contribution in [1.29, 1.82) is 0 Å². The molecule has 1 aliphatic rings. The predicted molar refractivity (Wildman–Crippen MR) is 81.8 cm³/mol. The van der Waals surface area contributed by atoms with Crippen molar-refractivity contribution in [2.45, 2.75) is 32.7 Å². The van der Waals surface area contributed by atoms with E-state index in [1.165, 1.54) is 12.1 Å². The molecule has 0 saturated carbocycles. The summed E-state index contributed by atoms with van der Waals surface area (Å²) in [6, 6.07) is 3.99. The van der Waals surface area contributed by atoms with E-state index in [9.17, 15) is 9.59 Å². The lowest BCUT2D eigenvalue weighted by molar-refractivity contribution is -0.121. The molecule has 0 radical (unpaired) electrons. The van der Waals surface area contributed by atoms with E-state index in [4.69, 9.17) is 16.7 Å². The fourth-order valence-electron chi connectivity index (χ4n) is 2.66. The lowest BCUT2D eigenvalue weighted by Crippen LogP contribution is -2.53. The maximum atomic E-state index is 12.4. The van der Waals surface area contributed by atoms with E-state index >= 15 is 0 Å². The Hall–Kier alpha value is -1.59.